The van der Waals surface area contributed by atoms with E-state index in [1.807, 2.05) is 0 Å². The molecule has 0 aromatic rings. The minimum Gasteiger partial charge on any atom is -0.282 e. The Morgan fingerprint density at radius 1 is 1.00 bits per heavy atom. The Labute approximate surface area is 109 Å². The van der Waals surface area contributed by atoms with Crippen LogP contribution in [0.15, 0.2) is 20.6 Å². The van der Waals surface area contributed by atoms with Crippen molar-refractivity contribution in [1.29, 1.82) is 0 Å². The summed E-state index contributed by atoms with van der Waals surface area (Å²) in [6.45, 7) is 0. The molecule has 82 valence electrons. The van der Waals surface area contributed by atoms with Gasteiger partial charge in [0.05, 0.1) is 8.47 Å². The van der Waals surface area contributed by atoms with Gasteiger partial charge in [0.2, 0.25) is 10.2 Å². The monoisotopic (exact) mass is 296 g/mol. The van der Waals surface area contributed by atoms with Crippen LogP contribution in [0.3, 0.4) is 0 Å². The molecule has 0 aromatic heterocycles. The van der Waals surface area contributed by atoms with Crippen molar-refractivity contribution in [3.63, 3.8) is 0 Å². The van der Waals surface area contributed by atoms with E-state index in [0.29, 0.717) is 0 Å². The largest absolute Gasteiger partial charge is 0.282 e. The Balaban J connectivity index is 2.59. The highest BCUT2D eigenvalue weighted by Crippen LogP contribution is 2.56. The molecule has 0 atom stereocenters. The van der Waals surface area contributed by atoms with Crippen LogP contribution < -0.4 is 0 Å². The summed E-state index contributed by atoms with van der Waals surface area (Å²) in [4.78, 5) is 22.2. The fourth-order valence-electron chi connectivity index (χ4n) is 0.633. The predicted molar refractivity (Wildman–Crippen MR) is 76.0 cm³/mol. The minimum atomic E-state index is 0.0445. The van der Waals surface area contributed by atoms with E-state index in [1.54, 1.807) is 24.7 Å². The molecule has 1 aliphatic heterocycles. The molecule has 0 N–H and O–H groups in total. The molecule has 2 nitrogen and oxygen atoms in total. The first-order valence-electron chi connectivity index (χ1n) is 3.77. The van der Waals surface area contributed by atoms with Gasteiger partial charge >= 0.3 is 0 Å². The second-order valence-electron chi connectivity index (χ2n) is 2.24. The highest BCUT2D eigenvalue weighted by molar-refractivity contribution is 8.86. The van der Waals surface area contributed by atoms with Gasteiger partial charge in [-0.05, 0) is 34.1 Å². The molecule has 0 saturated carbocycles. The molecule has 0 radical (unpaired) electrons. The van der Waals surface area contributed by atoms with E-state index >= 15 is 0 Å². The number of carbonyl (C=O) groups is 2. The van der Waals surface area contributed by atoms with E-state index in [1.165, 1.54) is 56.9 Å². The molecule has 1 saturated heterocycles. The number of hydrogen-bond acceptors (Lipinski definition) is 7. The summed E-state index contributed by atoms with van der Waals surface area (Å²) in [7, 11) is 3.05. The van der Waals surface area contributed by atoms with E-state index in [4.69, 9.17) is 0 Å². The fourth-order valence-corrected chi connectivity index (χ4v) is 5.38. The molecular formula is C8H8O2S5. The van der Waals surface area contributed by atoms with Gasteiger partial charge in [-0.25, -0.2) is 0 Å². The van der Waals surface area contributed by atoms with Crippen molar-refractivity contribution in [2.75, 3.05) is 12.5 Å². The van der Waals surface area contributed by atoms with Crippen molar-refractivity contribution < 1.29 is 9.59 Å². The van der Waals surface area contributed by atoms with E-state index in [0.717, 1.165) is 8.47 Å². The molecular weight excluding hydrogens is 288 g/mol. The molecule has 0 spiro atoms. The van der Waals surface area contributed by atoms with Crippen molar-refractivity contribution >= 4 is 67.1 Å². The van der Waals surface area contributed by atoms with Gasteiger partial charge in [0.15, 0.2) is 0 Å². The highest BCUT2D eigenvalue weighted by atomic mass is 33.1. The summed E-state index contributed by atoms with van der Waals surface area (Å²) in [5.74, 6) is 0. The van der Waals surface area contributed by atoms with Crippen LogP contribution in [0.5, 0.6) is 0 Å². The fraction of sp³-hybridized carbons (Fsp3) is 0.250. The maximum absolute atomic E-state index is 11.1. The van der Waals surface area contributed by atoms with E-state index in [-0.39, 0.29) is 10.2 Å². The van der Waals surface area contributed by atoms with Crippen molar-refractivity contribution in [2.45, 2.75) is 0 Å². The summed E-state index contributed by atoms with van der Waals surface area (Å²) in [5, 5.41) is 0.0890. The van der Waals surface area contributed by atoms with Crippen LogP contribution in [0.2, 0.25) is 0 Å². The van der Waals surface area contributed by atoms with E-state index in [9.17, 15) is 9.59 Å². The summed E-state index contributed by atoms with van der Waals surface area (Å²) < 4.78 is 1.89. The highest BCUT2D eigenvalue weighted by Gasteiger charge is 2.17. The molecule has 1 aliphatic rings. The molecule has 0 bridgehead atoms. The lowest BCUT2D eigenvalue weighted by Crippen LogP contribution is -1.82. The minimum absolute atomic E-state index is 0.0445. The van der Waals surface area contributed by atoms with Crippen LogP contribution in [0.25, 0.3) is 0 Å². The molecule has 0 amide bonds. The van der Waals surface area contributed by atoms with E-state index < -0.39 is 0 Å². The molecule has 1 heterocycles. The maximum Gasteiger partial charge on any atom is 0.213 e. The molecule has 0 unspecified atom stereocenters. The van der Waals surface area contributed by atoms with Crippen LogP contribution >= 0.6 is 56.9 Å². The predicted octanol–water partition coefficient (Wildman–Crippen LogP) is 3.58. The van der Waals surface area contributed by atoms with Crippen molar-refractivity contribution in [2.24, 2.45) is 0 Å². The quantitative estimate of drug-likeness (QED) is 0.569. The standard InChI is InChI=1S/C8H8O2S5/c1-11-5(9)3-7-13-8(15-14-7)4-6(10)12-2/h3-4H,1-2H3/b7-3-,8-4-. The molecule has 1 fully saturated rings. The van der Waals surface area contributed by atoms with Gasteiger partial charge in [-0.3, -0.25) is 9.59 Å². The summed E-state index contributed by atoms with van der Waals surface area (Å²) in [6.07, 6.45) is 6.73. The first-order valence-corrected chi connectivity index (χ1v) is 9.19. The van der Waals surface area contributed by atoms with Crippen LogP contribution in [0.4, 0.5) is 0 Å². The second kappa shape index (κ2) is 7.01. The molecule has 0 aliphatic carbocycles. The Bertz CT molecular complexity index is 302. The number of hydrogen-bond donors (Lipinski definition) is 0. The third kappa shape index (κ3) is 4.95. The van der Waals surface area contributed by atoms with Crippen molar-refractivity contribution in [3.8, 4) is 0 Å². The van der Waals surface area contributed by atoms with Crippen molar-refractivity contribution in [1.82, 2.24) is 0 Å². The first kappa shape index (κ1) is 13.6. The van der Waals surface area contributed by atoms with Crippen LogP contribution in [0.1, 0.15) is 0 Å². The third-order valence-electron chi connectivity index (χ3n) is 1.28. The van der Waals surface area contributed by atoms with Gasteiger partial charge in [0.25, 0.3) is 0 Å². The van der Waals surface area contributed by atoms with Gasteiger partial charge in [0, 0.05) is 12.2 Å². The zero-order valence-corrected chi connectivity index (χ0v) is 12.1. The lowest BCUT2D eigenvalue weighted by atomic mass is 10.7. The Morgan fingerprint density at radius 3 is 1.73 bits per heavy atom. The zero-order chi connectivity index (χ0) is 11.3. The topological polar surface area (TPSA) is 34.1 Å². The number of rotatable bonds is 2. The Kier molecular flexibility index (Phi) is 6.37. The number of thioether (sulfide) groups is 3. The third-order valence-corrected chi connectivity index (χ3v) is 6.57. The van der Waals surface area contributed by atoms with Gasteiger partial charge < -0.3 is 0 Å². The van der Waals surface area contributed by atoms with E-state index in [2.05, 4.69) is 0 Å². The van der Waals surface area contributed by atoms with Crippen LogP contribution in [-0.2, 0) is 9.59 Å². The average molecular weight is 296 g/mol. The van der Waals surface area contributed by atoms with Gasteiger partial charge in [-0.1, -0.05) is 35.3 Å². The SMILES string of the molecule is CSC(=O)/C=C1\SS/C(=C\C(=O)SC)S1. The van der Waals surface area contributed by atoms with Crippen LogP contribution in [0, 0.1) is 0 Å². The zero-order valence-electron chi connectivity index (χ0n) is 8.01. The lowest BCUT2D eigenvalue weighted by Gasteiger charge is -1.90. The summed E-state index contributed by atoms with van der Waals surface area (Å²) >= 11 is 3.86. The Hall–Kier alpha value is 0.570. The molecule has 7 heteroatoms. The Morgan fingerprint density at radius 2 is 1.40 bits per heavy atom. The molecule has 15 heavy (non-hydrogen) atoms. The first-order chi connectivity index (χ1) is 7.15. The second-order valence-corrected chi connectivity index (χ2v) is 7.68. The molecule has 1 rings (SSSR count). The van der Waals surface area contributed by atoms with Crippen LogP contribution in [-0.4, -0.2) is 22.7 Å². The average Bonchev–Trinajstić information content (AvgIpc) is 2.65. The van der Waals surface area contributed by atoms with Gasteiger partial charge in [-0.2, -0.15) is 0 Å². The smallest absolute Gasteiger partial charge is 0.213 e. The molecule has 0 aromatic carbocycles. The van der Waals surface area contributed by atoms with Crippen molar-refractivity contribution in [3.05, 3.63) is 20.6 Å². The van der Waals surface area contributed by atoms with Gasteiger partial charge in [0.1, 0.15) is 0 Å². The summed E-state index contributed by atoms with van der Waals surface area (Å²) in [5.41, 5.74) is 0. The van der Waals surface area contributed by atoms with Gasteiger partial charge in [-0.15, -0.1) is 0 Å². The summed E-state index contributed by atoms with van der Waals surface area (Å²) in [6, 6.07) is 0. The lowest BCUT2D eigenvalue weighted by molar-refractivity contribution is -0.107. The maximum atomic E-state index is 11.1. The number of carbonyl (C=O) groups excluding carboxylic acids is 2. The normalized spacial score (nSPS) is 21.2.